The van der Waals surface area contributed by atoms with E-state index in [2.05, 4.69) is 12.2 Å². The lowest BCUT2D eigenvalue weighted by atomic mass is 10.2. The van der Waals surface area contributed by atoms with Crippen LogP contribution >= 0.6 is 0 Å². The maximum absolute atomic E-state index is 8.82. The molecule has 0 spiro atoms. The van der Waals surface area contributed by atoms with Crippen molar-refractivity contribution >= 4 is 0 Å². The molecule has 86 valence electrons. The maximum atomic E-state index is 8.82. The van der Waals surface area contributed by atoms with Gasteiger partial charge >= 0.3 is 0 Å². The number of ether oxygens (including phenoxy) is 1. The van der Waals surface area contributed by atoms with Gasteiger partial charge in [-0.25, -0.2) is 0 Å². The molecule has 2 N–H and O–H groups in total. The molecule has 0 amide bonds. The third-order valence-electron chi connectivity index (χ3n) is 2.30. The van der Waals surface area contributed by atoms with Crippen molar-refractivity contribution in [3.05, 3.63) is 23.7 Å². The number of furan rings is 1. The summed E-state index contributed by atoms with van der Waals surface area (Å²) >= 11 is 0. The molecule has 0 fully saturated rings. The maximum Gasteiger partial charge on any atom is 0.129 e. The number of hydrogen-bond acceptors (Lipinski definition) is 4. The Morgan fingerprint density at radius 3 is 2.73 bits per heavy atom. The first-order valence-corrected chi connectivity index (χ1v) is 5.21. The summed E-state index contributed by atoms with van der Waals surface area (Å²) in [4.78, 5) is 0. The smallest absolute Gasteiger partial charge is 0.129 e. The first-order chi connectivity index (χ1) is 7.30. The van der Waals surface area contributed by atoms with Crippen LogP contribution in [0.15, 0.2) is 16.5 Å². The molecule has 0 unspecified atom stereocenters. The Kier molecular flexibility index (Phi) is 5.39. The van der Waals surface area contributed by atoms with Crippen molar-refractivity contribution < 1.29 is 14.3 Å². The predicted octanol–water partition coefficient (Wildman–Crippen LogP) is 1.29. The average Bonchev–Trinajstić information content (AvgIpc) is 2.72. The van der Waals surface area contributed by atoms with E-state index in [0.29, 0.717) is 25.0 Å². The standard InChI is InChI=1S/C11H19NO3/c1-3-9(8-14-2)12-6-10-4-5-11(7-13)15-10/h4-5,9,12-13H,3,6-8H2,1-2H3/t9-/m1/s1. The average molecular weight is 213 g/mol. The summed E-state index contributed by atoms with van der Waals surface area (Å²) in [6, 6.07) is 4.00. The van der Waals surface area contributed by atoms with Crippen LogP contribution in [0.3, 0.4) is 0 Å². The van der Waals surface area contributed by atoms with Crippen LogP contribution < -0.4 is 5.32 Å². The molecule has 0 aromatic carbocycles. The summed E-state index contributed by atoms with van der Waals surface area (Å²) in [6.07, 6.45) is 1.02. The molecule has 15 heavy (non-hydrogen) atoms. The number of nitrogens with one attached hydrogen (secondary N) is 1. The van der Waals surface area contributed by atoms with Crippen LogP contribution in [-0.2, 0) is 17.9 Å². The second-order valence-electron chi connectivity index (χ2n) is 3.47. The second kappa shape index (κ2) is 6.61. The molecule has 1 heterocycles. The van der Waals surface area contributed by atoms with Gasteiger partial charge in [0.25, 0.3) is 0 Å². The Balaban J connectivity index is 2.34. The van der Waals surface area contributed by atoms with Crippen molar-refractivity contribution in [3.63, 3.8) is 0 Å². The van der Waals surface area contributed by atoms with E-state index < -0.39 is 0 Å². The van der Waals surface area contributed by atoms with E-state index in [4.69, 9.17) is 14.3 Å². The Labute approximate surface area is 90.2 Å². The van der Waals surface area contributed by atoms with Crippen molar-refractivity contribution in [2.45, 2.75) is 32.5 Å². The molecular formula is C11H19NO3. The van der Waals surface area contributed by atoms with Crippen molar-refractivity contribution in [2.75, 3.05) is 13.7 Å². The summed E-state index contributed by atoms with van der Waals surface area (Å²) in [5.74, 6) is 1.44. The number of rotatable bonds is 7. The topological polar surface area (TPSA) is 54.6 Å². The highest BCUT2D eigenvalue weighted by atomic mass is 16.5. The molecular weight excluding hydrogens is 194 g/mol. The third-order valence-corrected chi connectivity index (χ3v) is 2.30. The molecule has 4 heteroatoms. The number of methoxy groups -OCH3 is 1. The van der Waals surface area contributed by atoms with Crippen LogP contribution in [0.2, 0.25) is 0 Å². The Morgan fingerprint density at radius 1 is 1.47 bits per heavy atom. The molecule has 1 aromatic rings. The van der Waals surface area contributed by atoms with Gasteiger partial charge in [0.1, 0.15) is 18.1 Å². The van der Waals surface area contributed by atoms with Crippen LogP contribution in [-0.4, -0.2) is 24.9 Å². The first kappa shape index (κ1) is 12.2. The van der Waals surface area contributed by atoms with Gasteiger partial charge in [0.15, 0.2) is 0 Å². The predicted molar refractivity (Wildman–Crippen MR) is 57.4 cm³/mol. The van der Waals surface area contributed by atoms with Crippen molar-refractivity contribution in [1.29, 1.82) is 0 Å². The zero-order chi connectivity index (χ0) is 11.1. The lowest BCUT2D eigenvalue weighted by molar-refractivity contribution is 0.162. The van der Waals surface area contributed by atoms with E-state index in [9.17, 15) is 0 Å². The van der Waals surface area contributed by atoms with Gasteiger partial charge in [0.05, 0.1) is 13.2 Å². The van der Waals surface area contributed by atoms with E-state index in [1.54, 1.807) is 13.2 Å². The molecule has 0 saturated heterocycles. The molecule has 4 nitrogen and oxygen atoms in total. The zero-order valence-electron chi connectivity index (χ0n) is 9.32. The number of aliphatic hydroxyl groups excluding tert-OH is 1. The van der Waals surface area contributed by atoms with Crippen molar-refractivity contribution in [2.24, 2.45) is 0 Å². The molecule has 1 rings (SSSR count). The van der Waals surface area contributed by atoms with Crippen LogP contribution in [0, 0.1) is 0 Å². The largest absolute Gasteiger partial charge is 0.462 e. The SMILES string of the molecule is CC[C@H](COC)NCc1ccc(CO)o1. The molecule has 0 aliphatic heterocycles. The minimum absolute atomic E-state index is 0.0464. The quantitative estimate of drug-likeness (QED) is 0.716. The van der Waals surface area contributed by atoms with Gasteiger partial charge in [-0.3, -0.25) is 0 Å². The summed E-state index contributed by atoms with van der Waals surface area (Å²) < 4.78 is 10.4. The number of aliphatic hydroxyl groups is 1. The Bertz CT molecular complexity index is 273. The monoisotopic (exact) mass is 213 g/mol. The third kappa shape index (κ3) is 4.03. The van der Waals surface area contributed by atoms with E-state index in [-0.39, 0.29) is 6.61 Å². The van der Waals surface area contributed by atoms with E-state index in [1.807, 2.05) is 6.07 Å². The van der Waals surface area contributed by atoms with E-state index in [1.165, 1.54) is 0 Å². The second-order valence-corrected chi connectivity index (χ2v) is 3.47. The summed E-state index contributed by atoms with van der Waals surface area (Å²) in [6.45, 7) is 3.43. The zero-order valence-corrected chi connectivity index (χ0v) is 9.32. The van der Waals surface area contributed by atoms with Gasteiger partial charge in [-0.1, -0.05) is 6.92 Å². The lowest BCUT2D eigenvalue weighted by Crippen LogP contribution is -2.31. The summed E-state index contributed by atoms with van der Waals surface area (Å²) in [7, 11) is 1.70. The summed E-state index contributed by atoms with van der Waals surface area (Å²) in [5.41, 5.74) is 0. The highest BCUT2D eigenvalue weighted by molar-refractivity contribution is 5.06. The fraction of sp³-hybridized carbons (Fsp3) is 0.636. The number of hydrogen-bond donors (Lipinski definition) is 2. The lowest BCUT2D eigenvalue weighted by Gasteiger charge is -2.14. The fourth-order valence-corrected chi connectivity index (χ4v) is 1.37. The van der Waals surface area contributed by atoms with Crippen LogP contribution in [0.1, 0.15) is 24.9 Å². The minimum atomic E-state index is -0.0464. The molecule has 0 aliphatic rings. The highest BCUT2D eigenvalue weighted by Gasteiger charge is 2.06. The molecule has 0 bridgehead atoms. The van der Waals surface area contributed by atoms with Crippen LogP contribution in [0.4, 0.5) is 0 Å². The van der Waals surface area contributed by atoms with Gasteiger partial charge in [0, 0.05) is 13.2 Å². The molecule has 0 radical (unpaired) electrons. The normalized spacial score (nSPS) is 13.0. The van der Waals surface area contributed by atoms with Gasteiger partial charge in [-0.05, 0) is 18.6 Å². The van der Waals surface area contributed by atoms with Gasteiger partial charge in [0.2, 0.25) is 0 Å². The molecule has 1 atom stereocenters. The van der Waals surface area contributed by atoms with Gasteiger partial charge in [-0.15, -0.1) is 0 Å². The van der Waals surface area contributed by atoms with Crippen molar-refractivity contribution in [1.82, 2.24) is 5.32 Å². The summed E-state index contributed by atoms with van der Waals surface area (Å²) in [5, 5.41) is 12.1. The fourth-order valence-electron chi connectivity index (χ4n) is 1.37. The first-order valence-electron chi connectivity index (χ1n) is 5.21. The molecule has 0 saturated carbocycles. The van der Waals surface area contributed by atoms with Gasteiger partial charge in [-0.2, -0.15) is 0 Å². The van der Waals surface area contributed by atoms with E-state index in [0.717, 1.165) is 12.2 Å². The van der Waals surface area contributed by atoms with Gasteiger partial charge < -0.3 is 19.6 Å². The minimum Gasteiger partial charge on any atom is -0.462 e. The Hall–Kier alpha value is -0.840. The van der Waals surface area contributed by atoms with Crippen LogP contribution in [0.25, 0.3) is 0 Å². The van der Waals surface area contributed by atoms with Crippen LogP contribution in [0.5, 0.6) is 0 Å². The van der Waals surface area contributed by atoms with Crippen molar-refractivity contribution in [3.8, 4) is 0 Å². The highest BCUT2D eigenvalue weighted by Crippen LogP contribution is 2.07. The molecule has 1 aromatic heterocycles. The molecule has 0 aliphatic carbocycles. The van der Waals surface area contributed by atoms with E-state index >= 15 is 0 Å². The Morgan fingerprint density at radius 2 is 2.20 bits per heavy atom.